The number of aryl methyl sites for hydroxylation is 2. The maximum atomic E-state index is 5.22. The van der Waals surface area contributed by atoms with Gasteiger partial charge in [-0.25, -0.2) is 9.55 Å². The molecule has 3 nitrogen and oxygen atoms in total. The van der Waals surface area contributed by atoms with E-state index < -0.39 is 0 Å². The number of benzene rings is 5. The summed E-state index contributed by atoms with van der Waals surface area (Å²) >= 11 is 1.76. The van der Waals surface area contributed by atoms with Crippen LogP contribution in [0.3, 0.4) is 0 Å². The minimum absolute atomic E-state index is 1.05. The van der Waals surface area contributed by atoms with Gasteiger partial charge in [0.15, 0.2) is 11.0 Å². The lowest BCUT2D eigenvalue weighted by Crippen LogP contribution is -2.30. The lowest BCUT2D eigenvalue weighted by molar-refractivity contribution is -0.633. The third-order valence-electron chi connectivity index (χ3n) is 7.03. The van der Waals surface area contributed by atoms with Crippen LogP contribution in [0.2, 0.25) is 0 Å². The second-order valence-electron chi connectivity index (χ2n) is 9.19. The number of aromatic nitrogens is 3. The average Bonchev–Trinajstić information content (AvgIpc) is 3.48. The second kappa shape index (κ2) is 8.14. The summed E-state index contributed by atoms with van der Waals surface area (Å²) in [5, 5.41) is 3.51. The molecule has 4 heteroatoms. The summed E-state index contributed by atoms with van der Waals surface area (Å²) in [6.07, 6.45) is 0. The van der Waals surface area contributed by atoms with Gasteiger partial charge in [-0.3, -0.25) is 0 Å². The highest BCUT2D eigenvalue weighted by molar-refractivity contribution is 7.21. The SMILES string of the molecule is Cc1ccc2sc(-c3ccccc3)nc2c1-c1n(-c2cccc3ccccc23)c2ccccc2[n+]1C. The van der Waals surface area contributed by atoms with Crippen LogP contribution in [0.5, 0.6) is 0 Å². The number of hydrogen-bond acceptors (Lipinski definition) is 2. The van der Waals surface area contributed by atoms with Gasteiger partial charge in [-0.1, -0.05) is 84.9 Å². The Labute approximate surface area is 213 Å². The van der Waals surface area contributed by atoms with Gasteiger partial charge in [-0.15, -0.1) is 11.3 Å². The zero-order chi connectivity index (χ0) is 24.2. The number of nitrogens with zero attached hydrogens (tertiary/aromatic N) is 3. The molecule has 0 saturated heterocycles. The first-order valence-corrected chi connectivity index (χ1v) is 13.0. The Morgan fingerprint density at radius 2 is 1.50 bits per heavy atom. The van der Waals surface area contributed by atoms with Crippen molar-refractivity contribution in [3.05, 3.63) is 115 Å². The molecule has 0 atom stereocenters. The summed E-state index contributed by atoms with van der Waals surface area (Å²) in [6.45, 7) is 2.20. The Kier molecular flexibility index (Phi) is 4.76. The van der Waals surface area contributed by atoms with Gasteiger partial charge in [0, 0.05) is 10.9 Å². The maximum Gasteiger partial charge on any atom is 0.297 e. The van der Waals surface area contributed by atoms with Crippen LogP contribution in [-0.4, -0.2) is 9.55 Å². The van der Waals surface area contributed by atoms with Crippen molar-refractivity contribution in [1.82, 2.24) is 9.55 Å². The molecule has 0 aliphatic rings. The quantitative estimate of drug-likeness (QED) is 0.235. The fraction of sp³-hybridized carbons (Fsp3) is 0.0625. The lowest BCUT2D eigenvalue weighted by Gasteiger charge is -2.09. The van der Waals surface area contributed by atoms with E-state index in [-0.39, 0.29) is 0 Å². The predicted octanol–water partition coefficient (Wildman–Crippen LogP) is 7.86. The summed E-state index contributed by atoms with van der Waals surface area (Å²) < 4.78 is 5.94. The number of thiazole rings is 1. The number of hydrogen-bond donors (Lipinski definition) is 0. The van der Waals surface area contributed by atoms with Crippen molar-refractivity contribution in [2.45, 2.75) is 6.92 Å². The molecule has 172 valence electrons. The minimum Gasteiger partial charge on any atom is -0.235 e. The van der Waals surface area contributed by atoms with Gasteiger partial charge in [0.05, 0.1) is 22.8 Å². The van der Waals surface area contributed by atoms with Crippen LogP contribution < -0.4 is 4.57 Å². The summed E-state index contributed by atoms with van der Waals surface area (Å²) in [7, 11) is 2.17. The van der Waals surface area contributed by atoms with Crippen molar-refractivity contribution in [2.24, 2.45) is 7.05 Å². The molecule has 0 saturated carbocycles. The standard InChI is InChI=1S/C32H24N3S/c1-21-19-20-28-30(33-31(36-28)23-12-4-3-5-13-23)29(21)32-34(2)26-16-8-9-17-27(26)35(32)25-18-10-14-22-11-6-7-15-24(22)25/h3-20H,1-2H3/q+1. The highest BCUT2D eigenvalue weighted by Gasteiger charge is 2.30. The number of fused-ring (bicyclic) bond motifs is 3. The molecular weight excluding hydrogens is 458 g/mol. The van der Waals surface area contributed by atoms with Gasteiger partial charge in [0.1, 0.15) is 10.7 Å². The summed E-state index contributed by atoms with van der Waals surface area (Å²) in [5.41, 5.74) is 8.15. The monoisotopic (exact) mass is 482 g/mol. The van der Waals surface area contributed by atoms with E-state index in [0.717, 1.165) is 21.9 Å². The van der Waals surface area contributed by atoms with Crippen LogP contribution in [0, 0.1) is 6.92 Å². The van der Waals surface area contributed by atoms with E-state index in [2.05, 4.69) is 132 Å². The van der Waals surface area contributed by atoms with Crippen LogP contribution in [0.25, 0.3) is 59.7 Å². The highest BCUT2D eigenvalue weighted by atomic mass is 32.1. The fourth-order valence-electron chi connectivity index (χ4n) is 5.32. The molecule has 0 spiro atoms. The maximum absolute atomic E-state index is 5.22. The summed E-state index contributed by atoms with van der Waals surface area (Å²) in [6, 6.07) is 38.8. The molecule has 0 aliphatic heterocycles. The van der Waals surface area contributed by atoms with Crippen molar-refractivity contribution in [1.29, 1.82) is 0 Å². The van der Waals surface area contributed by atoms with Crippen molar-refractivity contribution < 1.29 is 4.57 Å². The normalized spacial score (nSPS) is 11.6. The predicted molar refractivity (Wildman–Crippen MR) is 151 cm³/mol. The van der Waals surface area contributed by atoms with Gasteiger partial charge >= 0.3 is 0 Å². The molecule has 36 heavy (non-hydrogen) atoms. The van der Waals surface area contributed by atoms with Crippen molar-refractivity contribution in [2.75, 3.05) is 0 Å². The third kappa shape index (κ3) is 3.11. The largest absolute Gasteiger partial charge is 0.297 e. The van der Waals surface area contributed by atoms with Crippen molar-refractivity contribution >= 4 is 43.4 Å². The van der Waals surface area contributed by atoms with Gasteiger partial charge in [0.2, 0.25) is 0 Å². The van der Waals surface area contributed by atoms with Crippen LogP contribution in [-0.2, 0) is 7.05 Å². The molecule has 0 aliphatic carbocycles. The van der Waals surface area contributed by atoms with Crippen molar-refractivity contribution in [3.8, 4) is 27.6 Å². The van der Waals surface area contributed by atoms with Crippen molar-refractivity contribution in [3.63, 3.8) is 0 Å². The van der Waals surface area contributed by atoms with Crippen LogP contribution in [0.4, 0.5) is 0 Å². The minimum atomic E-state index is 1.05. The molecule has 5 aromatic carbocycles. The molecule has 7 aromatic rings. The van der Waals surface area contributed by atoms with E-state index in [1.165, 1.54) is 43.3 Å². The number of imidazole rings is 1. The van der Waals surface area contributed by atoms with E-state index in [9.17, 15) is 0 Å². The van der Waals surface area contributed by atoms with E-state index in [1.807, 2.05) is 0 Å². The first-order chi connectivity index (χ1) is 17.7. The zero-order valence-electron chi connectivity index (χ0n) is 20.1. The topological polar surface area (TPSA) is 21.7 Å². The van der Waals surface area contributed by atoms with Gasteiger partial charge < -0.3 is 0 Å². The Morgan fingerprint density at radius 1 is 0.750 bits per heavy atom. The van der Waals surface area contributed by atoms with E-state index in [0.29, 0.717) is 0 Å². The van der Waals surface area contributed by atoms with Gasteiger partial charge in [0.25, 0.3) is 5.82 Å². The lowest BCUT2D eigenvalue weighted by atomic mass is 10.1. The smallest absolute Gasteiger partial charge is 0.235 e. The Morgan fingerprint density at radius 3 is 2.39 bits per heavy atom. The Balaban J connectivity index is 1.61. The molecule has 0 radical (unpaired) electrons. The third-order valence-corrected chi connectivity index (χ3v) is 8.10. The van der Waals surface area contributed by atoms with Crippen LogP contribution in [0.15, 0.2) is 109 Å². The molecule has 2 heterocycles. The Hall–Kier alpha value is -4.28. The fourth-order valence-corrected chi connectivity index (χ4v) is 6.30. The molecule has 0 N–H and O–H groups in total. The first-order valence-electron chi connectivity index (χ1n) is 12.1. The molecule has 0 bridgehead atoms. The molecule has 0 amide bonds. The Bertz CT molecular complexity index is 1910. The molecular formula is C32H24N3S+. The van der Waals surface area contributed by atoms with E-state index >= 15 is 0 Å². The average molecular weight is 483 g/mol. The van der Waals surface area contributed by atoms with Gasteiger partial charge in [-0.05, 0) is 42.1 Å². The van der Waals surface area contributed by atoms with E-state index in [4.69, 9.17) is 4.98 Å². The molecule has 0 fully saturated rings. The molecule has 0 unspecified atom stereocenters. The first kappa shape index (κ1) is 21.0. The second-order valence-corrected chi connectivity index (χ2v) is 10.2. The molecule has 7 rings (SSSR count). The van der Waals surface area contributed by atoms with Crippen LogP contribution >= 0.6 is 11.3 Å². The highest BCUT2D eigenvalue weighted by Crippen LogP contribution is 2.39. The zero-order valence-corrected chi connectivity index (χ0v) is 21.0. The summed E-state index contributed by atoms with van der Waals surface area (Å²) in [5.74, 6) is 1.14. The molecule has 2 aromatic heterocycles. The summed E-state index contributed by atoms with van der Waals surface area (Å²) in [4.78, 5) is 5.22. The number of rotatable bonds is 3. The van der Waals surface area contributed by atoms with E-state index in [1.54, 1.807) is 11.3 Å². The van der Waals surface area contributed by atoms with Gasteiger partial charge in [-0.2, -0.15) is 4.57 Å². The number of para-hydroxylation sites is 2. The van der Waals surface area contributed by atoms with Crippen LogP contribution in [0.1, 0.15) is 5.56 Å².